The summed E-state index contributed by atoms with van der Waals surface area (Å²) in [7, 11) is 1.77. The van der Waals surface area contributed by atoms with Gasteiger partial charge in [0.25, 0.3) is 0 Å². The van der Waals surface area contributed by atoms with E-state index in [0.29, 0.717) is 29.1 Å². The number of nitrogens with zero attached hydrogens (tertiary/aromatic N) is 2. The minimum Gasteiger partial charge on any atom is -0.393 e. The molecule has 7 heteroatoms. The molecule has 2 aromatic rings. The summed E-state index contributed by atoms with van der Waals surface area (Å²) in [5.74, 6) is -0.293. The van der Waals surface area contributed by atoms with Gasteiger partial charge in [0.05, 0.1) is 0 Å². The van der Waals surface area contributed by atoms with Crippen molar-refractivity contribution in [3.05, 3.63) is 76.2 Å². The molecule has 0 unspecified atom stereocenters. The second-order valence-electron chi connectivity index (χ2n) is 8.57. The van der Waals surface area contributed by atoms with Crippen molar-refractivity contribution in [2.24, 2.45) is 0 Å². The maximum Gasteiger partial charge on any atom is 0.133 e. The number of aromatic nitrogens is 2. The standard InChI is InChI=1S/C26H33FN6/c1-16-7-8-33(14-16)15-19(4)30-22-9-17(2)25(24(27)11-22)18(3)10-23-20(5)31-32-26(23)21(12-28)13-29-6/h7,9-13,28-30H,4,8,14-15H2,1-3,5-6H3,(H,31,32)/b18-10+,21-13+,28-12?. The van der Waals surface area contributed by atoms with E-state index in [1.54, 1.807) is 13.2 Å². The van der Waals surface area contributed by atoms with E-state index in [-0.39, 0.29) is 5.82 Å². The Morgan fingerprint density at radius 2 is 2.09 bits per heavy atom. The average molecular weight is 449 g/mol. The van der Waals surface area contributed by atoms with Gasteiger partial charge in [-0.25, -0.2) is 4.39 Å². The fourth-order valence-electron chi connectivity index (χ4n) is 4.17. The van der Waals surface area contributed by atoms with E-state index in [0.717, 1.165) is 41.2 Å². The molecule has 0 radical (unpaired) electrons. The quantitative estimate of drug-likeness (QED) is 0.317. The fraction of sp³-hybridized carbons (Fsp3) is 0.308. The minimum atomic E-state index is -0.293. The SMILES string of the molecule is C=C(CN1CC=C(C)C1)Nc1cc(C)c(/C(C)=C/c2c(/C(C=N)=C/NC)n[nH]c2C)c(F)c1. The van der Waals surface area contributed by atoms with Crippen molar-refractivity contribution < 1.29 is 4.39 Å². The van der Waals surface area contributed by atoms with Crippen LogP contribution < -0.4 is 10.6 Å². The molecule has 0 aliphatic carbocycles. The van der Waals surface area contributed by atoms with Gasteiger partial charge in [-0.05, 0) is 57.0 Å². The fourth-order valence-corrected chi connectivity index (χ4v) is 4.17. The second kappa shape index (κ2) is 10.4. The lowest BCUT2D eigenvalue weighted by atomic mass is 9.97. The largest absolute Gasteiger partial charge is 0.393 e. The number of aromatic amines is 1. The van der Waals surface area contributed by atoms with E-state index in [4.69, 9.17) is 5.41 Å². The van der Waals surface area contributed by atoms with Crippen LogP contribution >= 0.6 is 0 Å². The molecule has 3 rings (SSSR count). The van der Waals surface area contributed by atoms with E-state index in [1.165, 1.54) is 17.9 Å². The van der Waals surface area contributed by atoms with Gasteiger partial charge in [0, 0.05) is 72.9 Å². The lowest BCUT2D eigenvalue weighted by Crippen LogP contribution is -2.25. The van der Waals surface area contributed by atoms with Gasteiger partial charge in [-0.1, -0.05) is 18.2 Å². The van der Waals surface area contributed by atoms with Gasteiger partial charge in [-0.15, -0.1) is 0 Å². The highest BCUT2D eigenvalue weighted by atomic mass is 19.1. The molecule has 6 nitrogen and oxygen atoms in total. The Labute approximate surface area is 195 Å². The van der Waals surface area contributed by atoms with Crippen LogP contribution in [0.15, 0.2) is 42.3 Å². The van der Waals surface area contributed by atoms with Crippen molar-refractivity contribution >= 4 is 29.1 Å². The van der Waals surface area contributed by atoms with Crippen LogP contribution in [0.4, 0.5) is 10.1 Å². The molecule has 1 aromatic heterocycles. The summed E-state index contributed by atoms with van der Waals surface area (Å²) in [5.41, 5.74) is 8.05. The zero-order valence-electron chi connectivity index (χ0n) is 20.1. The summed E-state index contributed by atoms with van der Waals surface area (Å²) in [6, 6.07) is 3.47. The molecule has 1 aromatic carbocycles. The second-order valence-corrected chi connectivity index (χ2v) is 8.57. The third-order valence-corrected chi connectivity index (χ3v) is 5.67. The topological polar surface area (TPSA) is 79.8 Å². The summed E-state index contributed by atoms with van der Waals surface area (Å²) in [4.78, 5) is 2.28. The lowest BCUT2D eigenvalue weighted by Gasteiger charge is -2.19. The summed E-state index contributed by atoms with van der Waals surface area (Å²) in [6.45, 7) is 14.5. The molecule has 33 heavy (non-hydrogen) atoms. The summed E-state index contributed by atoms with van der Waals surface area (Å²) in [5, 5.41) is 21.2. The van der Waals surface area contributed by atoms with Crippen LogP contribution in [0.5, 0.6) is 0 Å². The Balaban J connectivity index is 1.84. The summed E-state index contributed by atoms with van der Waals surface area (Å²) in [6.07, 6.45) is 7.10. The first kappa shape index (κ1) is 24.2. The molecule has 0 atom stereocenters. The molecule has 0 spiro atoms. The van der Waals surface area contributed by atoms with Crippen LogP contribution in [-0.2, 0) is 0 Å². The molecule has 0 fully saturated rings. The van der Waals surface area contributed by atoms with E-state index in [1.807, 2.05) is 32.9 Å². The van der Waals surface area contributed by atoms with Crippen LogP contribution in [0, 0.1) is 25.1 Å². The highest BCUT2D eigenvalue weighted by molar-refractivity contribution is 6.09. The van der Waals surface area contributed by atoms with Gasteiger partial charge < -0.3 is 16.0 Å². The van der Waals surface area contributed by atoms with Crippen molar-refractivity contribution in [1.29, 1.82) is 5.41 Å². The average Bonchev–Trinajstić information content (AvgIpc) is 3.31. The molecular formula is C26H33FN6. The van der Waals surface area contributed by atoms with Crippen LogP contribution in [-0.4, -0.2) is 48.0 Å². The van der Waals surface area contributed by atoms with E-state index < -0.39 is 0 Å². The number of hydrogen-bond acceptors (Lipinski definition) is 5. The number of nitrogens with one attached hydrogen (secondary N) is 4. The van der Waals surface area contributed by atoms with Gasteiger partial charge in [-0.2, -0.15) is 5.10 Å². The third-order valence-electron chi connectivity index (χ3n) is 5.67. The van der Waals surface area contributed by atoms with Crippen molar-refractivity contribution in [1.82, 2.24) is 20.4 Å². The number of hydrogen-bond donors (Lipinski definition) is 4. The molecule has 0 saturated heterocycles. The summed E-state index contributed by atoms with van der Waals surface area (Å²) >= 11 is 0. The van der Waals surface area contributed by atoms with Gasteiger partial charge in [0.2, 0.25) is 0 Å². The molecule has 1 aliphatic heterocycles. The number of anilines is 1. The van der Waals surface area contributed by atoms with Gasteiger partial charge >= 0.3 is 0 Å². The van der Waals surface area contributed by atoms with Crippen LogP contribution in [0.2, 0.25) is 0 Å². The highest BCUT2D eigenvalue weighted by Gasteiger charge is 2.16. The molecule has 0 saturated carbocycles. The van der Waals surface area contributed by atoms with Crippen molar-refractivity contribution in [3.63, 3.8) is 0 Å². The normalized spacial score (nSPS) is 14.9. The molecule has 174 valence electrons. The molecule has 1 aliphatic rings. The minimum absolute atomic E-state index is 0.293. The van der Waals surface area contributed by atoms with Crippen molar-refractivity contribution in [2.75, 3.05) is 32.0 Å². The smallest absolute Gasteiger partial charge is 0.133 e. The number of benzene rings is 1. The Morgan fingerprint density at radius 1 is 1.33 bits per heavy atom. The van der Waals surface area contributed by atoms with Crippen LogP contribution in [0.1, 0.15) is 41.9 Å². The predicted molar refractivity (Wildman–Crippen MR) is 137 cm³/mol. The van der Waals surface area contributed by atoms with Crippen molar-refractivity contribution in [3.8, 4) is 0 Å². The first-order chi connectivity index (χ1) is 15.7. The molecule has 4 N–H and O–H groups in total. The first-order valence-electron chi connectivity index (χ1n) is 11.0. The van der Waals surface area contributed by atoms with Gasteiger partial charge in [0.15, 0.2) is 0 Å². The Morgan fingerprint density at radius 3 is 2.70 bits per heavy atom. The Bertz CT molecular complexity index is 1130. The highest BCUT2D eigenvalue weighted by Crippen LogP contribution is 2.30. The first-order valence-corrected chi connectivity index (χ1v) is 11.0. The third kappa shape index (κ3) is 5.68. The van der Waals surface area contributed by atoms with Crippen LogP contribution in [0.3, 0.4) is 0 Å². The molecule has 0 bridgehead atoms. The van der Waals surface area contributed by atoms with E-state index >= 15 is 4.39 Å². The Kier molecular flexibility index (Phi) is 7.66. The zero-order valence-corrected chi connectivity index (χ0v) is 20.1. The van der Waals surface area contributed by atoms with Crippen molar-refractivity contribution in [2.45, 2.75) is 27.7 Å². The molecule has 0 amide bonds. The predicted octanol–water partition coefficient (Wildman–Crippen LogP) is 5.12. The number of H-pyrrole nitrogens is 1. The van der Waals surface area contributed by atoms with Gasteiger partial charge in [0.1, 0.15) is 11.5 Å². The molecule has 2 heterocycles. The number of rotatable bonds is 9. The zero-order chi connectivity index (χ0) is 24.1. The number of allylic oxidation sites excluding steroid dienone is 2. The van der Waals surface area contributed by atoms with Gasteiger partial charge in [-0.3, -0.25) is 10.00 Å². The monoisotopic (exact) mass is 448 g/mol. The van der Waals surface area contributed by atoms with E-state index in [2.05, 4.69) is 45.3 Å². The van der Waals surface area contributed by atoms with Crippen LogP contribution in [0.25, 0.3) is 17.2 Å². The number of aryl methyl sites for hydroxylation is 2. The summed E-state index contributed by atoms with van der Waals surface area (Å²) < 4.78 is 15.2. The van der Waals surface area contributed by atoms with E-state index in [9.17, 15) is 0 Å². The number of halogens is 1. The maximum absolute atomic E-state index is 15.2. The molecular weight excluding hydrogens is 415 g/mol. The maximum atomic E-state index is 15.2. The lowest BCUT2D eigenvalue weighted by molar-refractivity contribution is 0.380. The Hall–Kier alpha value is -3.45.